The van der Waals surface area contributed by atoms with E-state index < -0.39 is 48.3 Å². The third kappa shape index (κ3) is 15.7. The minimum absolute atomic E-state index is 0.0125. The van der Waals surface area contributed by atoms with E-state index in [1.165, 1.54) is 0 Å². The Kier molecular flexibility index (Phi) is 17.4. The molecule has 0 spiro atoms. The molecule has 0 aromatic heterocycles. The Morgan fingerprint density at radius 2 is 1.19 bits per heavy atom. The van der Waals surface area contributed by atoms with E-state index >= 15 is 0 Å². The van der Waals surface area contributed by atoms with Crippen molar-refractivity contribution in [3.05, 3.63) is 71.8 Å². The minimum Gasteiger partial charge on any atom is -0.355 e. The van der Waals surface area contributed by atoms with Crippen LogP contribution < -0.4 is 37.6 Å². The van der Waals surface area contributed by atoms with Crippen molar-refractivity contribution in [1.29, 1.82) is 0 Å². The second-order valence-electron chi connectivity index (χ2n) is 12.2. The molecule has 2 aromatic carbocycles. The molecule has 0 aliphatic carbocycles. The van der Waals surface area contributed by atoms with Gasteiger partial charge >= 0.3 is 0 Å². The molecule has 48 heavy (non-hydrogen) atoms. The zero-order chi connectivity index (χ0) is 35.5. The summed E-state index contributed by atoms with van der Waals surface area (Å²) in [7, 11) is 0. The van der Waals surface area contributed by atoms with Crippen molar-refractivity contribution in [2.45, 2.75) is 84.0 Å². The zero-order valence-corrected chi connectivity index (χ0v) is 28.3. The van der Waals surface area contributed by atoms with E-state index in [1.54, 1.807) is 6.92 Å². The summed E-state index contributed by atoms with van der Waals surface area (Å²) in [5.41, 5.74) is 7.82. The lowest BCUT2D eigenvalue weighted by atomic mass is 10.0. The second-order valence-corrected chi connectivity index (χ2v) is 12.2. The van der Waals surface area contributed by atoms with E-state index in [4.69, 9.17) is 5.73 Å². The Bertz CT molecular complexity index is 1340. The Labute approximate surface area is 282 Å². The molecule has 4 atom stereocenters. The quantitative estimate of drug-likeness (QED) is 0.107. The van der Waals surface area contributed by atoms with Gasteiger partial charge in [0.1, 0.15) is 12.1 Å². The molecular weight excluding hydrogens is 614 g/mol. The lowest BCUT2D eigenvalue weighted by molar-refractivity contribution is -0.132. The minimum atomic E-state index is -1.08. The summed E-state index contributed by atoms with van der Waals surface area (Å²) in [5.74, 6) is -2.77. The van der Waals surface area contributed by atoms with E-state index in [-0.39, 0.29) is 49.6 Å². The Morgan fingerprint density at radius 1 is 0.625 bits per heavy atom. The molecular formula is C35H51N7O6. The maximum Gasteiger partial charge on any atom is 0.243 e. The first-order chi connectivity index (χ1) is 22.9. The van der Waals surface area contributed by atoms with Crippen LogP contribution in [-0.4, -0.2) is 79.2 Å². The molecule has 0 bridgehead atoms. The normalized spacial score (nSPS) is 13.3. The second kappa shape index (κ2) is 21.2. The topological polar surface area (TPSA) is 201 Å². The van der Waals surface area contributed by atoms with Gasteiger partial charge in [-0.25, -0.2) is 0 Å². The molecule has 4 unspecified atom stereocenters. The van der Waals surface area contributed by atoms with Gasteiger partial charge in [-0.15, -0.1) is 0 Å². The number of carbonyl (C=O) groups excluding carboxylic acids is 6. The first kappa shape index (κ1) is 39.4. The van der Waals surface area contributed by atoms with Crippen LogP contribution in [-0.2, 0) is 41.6 Å². The van der Waals surface area contributed by atoms with E-state index in [9.17, 15) is 28.8 Å². The van der Waals surface area contributed by atoms with Gasteiger partial charge in [0.15, 0.2) is 0 Å². The highest BCUT2D eigenvalue weighted by molar-refractivity contribution is 5.94. The number of nitrogens with one attached hydrogen (secondary N) is 6. The molecule has 0 aliphatic heterocycles. The van der Waals surface area contributed by atoms with Crippen molar-refractivity contribution >= 4 is 35.4 Å². The van der Waals surface area contributed by atoms with Crippen LogP contribution in [0.1, 0.15) is 58.1 Å². The molecule has 2 rings (SSSR count). The number of likely N-dealkylation sites (N-methyl/N-ethyl adjacent to an activating group) is 1. The van der Waals surface area contributed by atoms with Crippen LogP contribution in [0.15, 0.2) is 60.7 Å². The fourth-order valence-electron chi connectivity index (χ4n) is 4.91. The molecule has 0 radical (unpaired) electrons. The molecule has 13 heteroatoms. The van der Waals surface area contributed by atoms with Crippen molar-refractivity contribution in [3.63, 3.8) is 0 Å². The van der Waals surface area contributed by atoms with Gasteiger partial charge in [0.25, 0.3) is 0 Å². The van der Waals surface area contributed by atoms with Crippen molar-refractivity contribution < 1.29 is 28.8 Å². The summed E-state index contributed by atoms with van der Waals surface area (Å²) in [5, 5.41) is 15.9. The highest BCUT2D eigenvalue weighted by Crippen LogP contribution is 2.08. The molecule has 0 aliphatic rings. The predicted octanol–water partition coefficient (Wildman–Crippen LogP) is 0.468. The lowest BCUT2D eigenvalue weighted by Gasteiger charge is -2.24. The van der Waals surface area contributed by atoms with Crippen LogP contribution in [0.3, 0.4) is 0 Å². The molecule has 0 saturated carbocycles. The van der Waals surface area contributed by atoms with Gasteiger partial charge < -0.3 is 37.6 Å². The van der Waals surface area contributed by atoms with Gasteiger partial charge in [0.2, 0.25) is 35.4 Å². The summed E-state index contributed by atoms with van der Waals surface area (Å²) in [6.45, 7) is 7.29. The van der Waals surface area contributed by atoms with E-state index in [0.29, 0.717) is 19.4 Å². The number of amides is 6. The molecule has 0 heterocycles. The average Bonchev–Trinajstić information content (AvgIpc) is 3.05. The number of benzene rings is 2. The molecule has 0 saturated heterocycles. The maximum atomic E-state index is 13.3. The number of nitrogens with two attached hydrogens (primary N) is 1. The number of hydrogen-bond acceptors (Lipinski definition) is 7. The van der Waals surface area contributed by atoms with Crippen LogP contribution in [0.25, 0.3) is 0 Å². The van der Waals surface area contributed by atoms with Crippen LogP contribution >= 0.6 is 0 Å². The largest absolute Gasteiger partial charge is 0.355 e. The summed E-state index contributed by atoms with van der Waals surface area (Å²) >= 11 is 0. The molecule has 6 amide bonds. The van der Waals surface area contributed by atoms with Crippen molar-refractivity contribution in [3.8, 4) is 0 Å². The van der Waals surface area contributed by atoms with E-state index in [2.05, 4.69) is 31.9 Å². The third-order valence-corrected chi connectivity index (χ3v) is 7.31. The molecule has 8 N–H and O–H groups in total. The molecule has 262 valence electrons. The van der Waals surface area contributed by atoms with Gasteiger partial charge in [-0.3, -0.25) is 28.8 Å². The summed E-state index contributed by atoms with van der Waals surface area (Å²) in [4.78, 5) is 75.8. The van der Waals surface area contributed by atoms with Crippen molar-refractivity contribution in [2.75, 3.05) is 19.6 Å². The van der Waals surface area contributed by atoms with Gasteiger partial charge in [-0.05, 0) is 50.2 Å². The van der Waals surface area contributed by atoms with Crippen LogP contribution in [0.4, 0.5) is 0 Å². The molecule has 0 fully saturated rings. The van der Waals surface area contributed by atoms with Gasteiger partial charge in [0, 0.05) is 25.4 Å². The monoisotopic (exact) mass is 665 g/mol. The molecule has 2 aromatic rings. The third-order valence-electron chi connectivity index (χ3n) is 7.31. The SMILES string of the molecule is CCNC(=O)C(CC(C)C)NC(=O)C(Cc1ccccc1)NC(=O)CNC(=O)C(N)CCC(=O)NCC(=O)NC(C)Cc1ccccc1. The fraction of sp³-hybridized carbons (Fsp3) is 0.486. The standard InChI is InChI=1S/C35H51N7O6/c1-5-37-34(47)28(18-23(2)3)42-35(48)29(20-26-14-10-7-11-15-26)41-32(45)22-39-33(46)27(36)16-17-30(43)38-21-31(44)40-24(4)19-25-12-8-6-9-13-25/h6-15,23-24,27-29H,5,16-22,36H2,1-4H3,(H,37,47)(H,38,43)(H,39,46)(H,40,44)(H,41,45)(H,42,48). The summed E-state index contributed by atoms with van der Waals surface area (Å²) < 4.78 is 0. The lowest BCUT2D eigenvalue weighted by Crippen LogP contribution is -2.56. The van der Waals surface area contributed by atoms with Gasteiger partial charge in [-0.1, -0.05) is 74.5 Å². The Hall–Kier alpha value is -4.78. The van der Waals surface area contributed by atoms with Crippen molar-refractivity contribution in [1.82, 2.24) is 31.9 Å². The average molecular weight is 666 g/mol. The van der Waals surface area contributed by atoms with Gasteiger partial charge in [0.05, 0.1) is 19.1 Å². The zero-order valence-electron chi connectivity index (χ0n) is 28.3. The first-order valence-electron chi connectivity index (χ1n) is 16.4. The van der Waals surface area contributed by atoms with Crippen LogP contribution in [0.2, 0.25) is 0 Å². The van der Waals surface area contributed by atoms with Crippen LogP contribution in [0, 0.1) is 5.92 Å². The Morgan fingerprint density at radius 3 is 1.77 bits per heavy atom. The van der Waals surface area contributed by atoms with E-state index in [1.807, 2.05) is 81.4 Å². The van der Waals surface area contributed by atoms with Gasteiger partial charge in [-0.2, -0.15) is 0 Å². The number of rotatable bonds is 20. The van der Waals surface area contributed by atoms with Crippen molar-refractivity contribution in [2.24, 2.45) is 11.7 Å². The maximum absolute atomic E-state index is 13.3. The molecule has 13 nitrogen and oxygen atoms in total. The smallest absolute Gasteiger partial charge is 0.243 e. The summed E-state index contributed by atoms with van der Waals surface area (Å²) in [6.07, 6.45) is 1.11. The predicted molar refractivity (Wildman–Crippen MR) is 183 cm³/mol. The Balaban J connectivity index is 1.82. The fourth-order valence-corrected chi connectivity index (χ4v) is 4.91. The van der Waals surface area contributed by atoms with Crippen LogP contribution in [0.5, 0.6) is 0 Å². The highest BCUT2D eigenvalue weighted by atomic mass is 16.2. The highest BCUT2D eigenvalue weighted by Gasteiger charge is 2.28. The first-order valence-corrected chi connectivity index (χ1v) is 16.4. The number of hydrogen-bond donors (Lipinski definition) is 7. The van der Waals surface area contributed by atoms with E-state index in [0.717, 1.165) is 11.1 Å². The number of carbonyl (C=O) groups is 6. The summed E-state index contributed by atoms with van der Waals surface area (Å²) in [6, 6.07) is 15.8.